The van der Waals surface area contributed by atoms with Crippen molar-refractivity contribution in [2.75, 3.05) is 56.5 Å². The van der Waals surface area contributed by atoms with E-state index in [4.69, 9.17) is 5.10 Å². The van der Waals surface area contributed by atoms with E-state index < -0.39 is 40.8 Å². The first-order valence-corrected chi connectivity index (χ1v) is 20.9. The Kier molecular flexibility index (Phi) is 11.7. The van der Waals surface area contributed by atoms with Gasteiger partial charge in [-0.3, -0.25) is 24.1 Å². The third kappa shape index (κ3) is 8.34. The zero-order chi connectivity index (χ0) is 43.2. The van der Waals surface area contributed by atoms with Crippen molar-refractivity contribution in [1.82, 2.24) is 34.5 Å². The van der Waals surface area contributed by atoms with Gasteiger partial charge in [0.15, 0.2) is 5.82 Å². The number of nitriles is 1. The molecule has 2 amide bonds. The number of nitrogens with zero attached hydrogens (tertiary/aromatic N) is 8. The highest BCUT2D eigenvalue weighted by molar-refractivity contribution is 6.05. The average Bonchev–Trinajstić information content (AvgIpc) is 3.80. The number of aromatic nitrogens is 4. The van der Waals surface area contributed by atoms with Crippen LogP contribution in [0.4, 0.5) is 24.5 Å². The largest absolute Gasteiger partial charge is 0.386 e. The van der Waals surface area contributed by atoms with Gasteiger partial charge in [0.05, 0.1) is 34.8 Å². The Labute approximate surface area is 352 Å². The smallest absolute Gasteiger partial charge is 0.274 e. The van der Waals surface area contributed by atoms with Crippen LogP contribution < -0.4 is 15.5 Å². The summed E-state index contributed by atoms with van der Waals surface area (Å²) in [6, 6.07) is 11.6. The molecule has 0 bridgehead atoms. The molecule has 3 aromatic heterocycles. The summed E-state index contributed by atoms with van der Waals surface area (Å²) >= 11 is 0. The molecule has 1 atom stereocenters. The van der Waals surface area contributed by atoms with Gasteiger partial charge in [-0.25, -0.2) is 17.7 Å². The normalized spacial score (nSPS) is 19.7. The third-order valence-corrected chi connectivity index (χ3v) is 12.8. The molecule has 3 fully saturated rings. The van der Waals surface area contributed by atoms with Crippen molar-refractivity contribution in [3.63, 3.8) is 0 Å². The van der Waals surface area contributed by atoms with Crippen LogP contribution in [0.1, 0.15) is 91.5 Å². The highest BCUT2D eigenvalue weighted by atomic mass is 19.1. The summed E-state index contributed by atoms with van der Waals surface area (Å²) in [5.41, 5.74) is 0.621. The summed E-state index contributed by atoms with van der Waals surface area (Å²) in [5.74, 6) is -4.04. The van der Waals surface area contributed by atoms with Crippen molar-refractivity contribution in [1.29, 1.82) is 5.26 Å². The summed E-state index contributed by atoms with van der Waals surface area (Å²) in [6.07, 6.45) is 9.60. The van der Waals surface area contributed by atoms with Crippen LogP contribution in [-0.2, 0) is 10.4 Å². The maximum atomic E-state index is 15.3. The van der Waals surface area contributed by atoms with Crippen molar-refractivity contribution in [3.8, 4) is 6.07 Å². The van der Waals surface area contributed by atoms with Gasteiger partial charge in [0.25, 0.3) is 5.91 Å². The topological polar surface area (TPSA) is 147 Å². The van der Waals surface area contributed by atoms with E-state index in [9.17, 15) is 24.3 Å². The van der Waals surface area contributed by atoms with E-state index in [2.05, 4.69) is 32.1 Å². The molecule has 0 radical (unpaired) electrons. The molecule has 320 valence electrons. The number of piperazine rings is 1. The number of aliphatic hydroxyl groups is 1. The maximum Gasteiger partial charge on any atom is 0.274 e. The van der Waals surface area contributed by atoms with Crippen molar-refractivity contribution < 1.29 is 27.9 Å². The molecule has 16 heteroatoms. The van der Waals surface area contributed by atoms with E-state index in [0.29, 0.717) is 54.0 Å². The van der Waals surface area contributed by atoms with Gasteiger partial charge in [-0.2, -0.15) is 15.5 Å². The third-order valence-electron chi connectivity index (χ3n) is 12.8. The molecular weight excluding hydrogens is 786 g/mol. The lowest BCUT2D eigenvalue weighted by molar-refractivity contribution is -0.122. The Balaban J connectivity index is 0.857. The average molecular weight is 837 g/mol. The van der Waals surface area contributed by atoms with Crippen LogP contribution in [0.25, 0.3) is 16.4 Å². The molecule has 61 heavy (non-hydrogen) atoms. The minimum Gasteiger partial charge on any atom is -0.386 e. The molecular formula is C45H51F3N10O3. The lowest BCUT2D eigenvalue weighted by atomic mass is 9.89. The molecule has 5 aromatic rings. The first-order valence-electron chi connectivity index (χ1n) is 20.9. The van der Waals surface area contributed by atoms with E-state index in [1.807, 2.05) is 21.8 Å². The summed E-state index contributed by atoms with van der Waals surface area (Å²) in [4.78, 5) is 33.0. The van der Waals surface area contributed by atoms with E-state index in [1.54, 1.807) is 32.1 Å². The number of nitrogens with one attached hydrogen (secondary N) is 2. The Morgan fingerprint density at radius 2 is 1.62 bits per heavy atom. The van der Waals surface area contributed by atoms with Crippen LogP contribution in [0, 0.1) is 28.8 Å². The fourth-order valence-electron chi connectivity index (χ4n) is 9.35. The van der Waals surface area contributed by atoms with E-state index in [-0.39, 0.29) is 34.8 Å². The molecule has 1 saturated carbocycles. The molecule has 1 aliphatic carbocycles. The van der Waals surface area contributed by atoms with Crippen molar-refractivity contribution in [2.24, 2.45) is 0 Å². The SMILES string of the molecule is C=CCC[C@@H](C(=O)NC)c1c(F)cc(N2CC(N3CCN(C4CCC(n5cc6cc(NC(=O)c7cc(F)c8cc(C#N)cnn78)c(C(C)(C)O)cc6n5)CC4)CC3)C2)cc1F. The van der Waals surface area contributed by atoms with Gasteiger partial charge in [0.1, 0.15) is 28.9 Å². The van der Waals surface area contributed by atoms with Gasteiger partial charge >= 0.3 is 0 Å². The van der Waals surface area contributed by atoms with E-state index in [0.717, 1.165) is 67.8 Å². The minimum atomic E-state index is -1.33. The van der Waals surface area contributed by atoms with Crippen molar-refractivity contribution >= 4 is 39.6 Å². The molecule has 2 aliphatic heterocycles. The van der Waals surface area contributed by atoms with Gasteiger partial charge < -0.3 is 20.6 Å². The number of hydrogen-bond acceptors (Lipinski definition) is 9. The number of amides is 2. The Morgan fingerprint density at radius 1 is 0.967 bits per heavy atom. The number of halogens is 3. The lowest BCUT2D eigenvalue weighted by Gasteiger charge is -2.50. The number of benzene rings is 2. The summed E-state index contributed by atoms with van der Waals surface area (Å²) in [6.45, 7) is 12.1. The van der Waals surface area contributed by atoms with Crippen LogP contribution in [0.5, 0.6) is 0 Å². The predicted molar refractivity (Wildman–Crippen MR) is 226 cm³/mol. The van der Waals surface area contributed by atoms with Gasteiger partial charge in [-0.15, -0.1) is 6.58 Å². The standard InChI is InChI=1S/C45H51F3N10O3/c1-5-6-7-33(43(59)50-4)42-36(47)18-31(19-37(42)48)56-25-32(26-56)55-14-12-54(13-15-55)29-8-10-30(11-9-29)57-24-28-17-39(34(45(2,3)61)20-38(28)53-57)52-44(60)41-21-35(46)40-16-27(22-49)23-51-58(40)41/h5,16-21,23-24,29-30,32-33,61H,1,6-15,25-26H2,2-4H3,(H,50,59)(H,52,60)/t29?,30?,33-/m1/s1. The number of rotatable bonds is 12. The minimum absolute atomic E-state index is 0.00914. The monoisotopic (exact) mass is 836 g/mol. The highest BCUT2D eigenvalue weighted by Crippen LogP contribution is 2.37. The first-order chi connectivity index (χ1) is 29.3. The van der Waals surface area contributed by atoms with Gasteiger partial charge in [-0.05, 0) is 82.7 Å². The fourth-order valence-corrected chi connectivity index (χ4v) is 9.35. The molecule has 8 rings (SSSR count). The van der Waals surface area contributed by atoms with Gasteiger partial charge in [0.2, 0.25) is 5.91 Å². The number of carbonyl (C=O) groups excluding carboxylic acids is 2. The second-order valence-electron chi connectivity index (χ2n) is 17.1. The summed E-state index contributed by atoms with van der Waals surface area (Å²) < 4.78 is 48.6. The van der Waals surface area contributed by atoms with Gasteiger partial charge in [-0.1, -0.05) is 6.08 Å². The molecule has 3 aliphatic rings. The fraction of sp³-hybridized carbons (Fsp3) is 0.444. The maximum absolute atomic E-state index is 15.3. The second-order valence-corrected chi connectivity index (χ2v) is 17.1. The van der Waals surface area contributed by atoms with Crippen LogP contribution in [0.2, 0.25) is 0 Å². The van der Waals surface area contributed by atoms with Crippen molar-refractivity contribution in [2.45, 2.75) is 82.0 Å². The Morgan fingerprint density at radius 3 is 2.25 bits per heavy atom. The quantitative estimate of drug-likeness (QED) is 0.124. The number of fused-ring (bicyclic) bond motifs is 2. The predicted octanol–water partition coefficient (Wildman–Crippen LogP) is 6.24. The van der Waals surface area contributed by atoms with Crippen LogP contribution in [0.15, 0.2) is 61.4 Å². The second kappa shape index (κ2) is 16.9. The zero-order valence-electron chi connectivity index (χ0n) is 34.7. The van der Waals surface area contributed by atoms with Gasteiger partial charge in [0, 0.05) is 98.6 Å². The summed E-state index contributed by atoms with van der Waals surface area (Å²) in [7, 11) is 1.47. The number of hydrogen-bond donors (Lipinski definition) is 3. The number of anilines is 2. The molecule has 13 nitrogen and oxygen atoms in total. The molecule has 5 heterocycles. The van der Waals surface area contributed by atoms with E-state index >= 15 is 8.78 Å². The molecule has 2 saturated heterocycles. The molecule has 3 N–H and O–H groups in total. The first kappa shape index (κ1) is 42.0. The van der Waals surface area contributed by atoms with Crippen LogP contribution >= 0.6 is 0 Å². The zero-order valence-corrected chi connectivity index (χ0v) is 34.7. The number of allylic oxidation sites excluding steroid dienone is 1. The van der Waals surface area contributed by atoms with Crippen LogP contribution in [0.3, 0.4) is 0 Å². The van der Waals surface area contributed by atoms with E-state index in [1.165, 1.54) is 31.4 Å². The number of likely N-dealkylation sites (N-methyl/N-ethyl adjacent to an activating group) is 1. The Bertz CT molecular complexity index is 2500. The summed E-state index contributed by atoms with van der Waals surface area (Å²) in [5, 5.41) is 35.5. The lowest BCUT2D eigenvalue weighted by Crippen LogP contribution is -2.64. The van der Waals surface area contributed by atoms with Crippen LogP contribution in [-0.4, -0.2) is 105 Å². The molecule has 0 spiro atoms. The highest BCUT2D eigenvalue weighted by Gasteiger charge is 2.37. The van der Waals surface area contributed by atoms with Crippen molar-refractivity contribution in [3.05, 3.63) is 101 Å². The molecule has 0 unspecified atom stereocenters. The number of carbonyl (C=O) groups is 2. The Hall–Kier alpha value is -5.76. The molecule has 2 aromatic carbocycles.